The van der Waals surface area contributed by atoms with Gasteiger partial charge in [-0.05, 0) is 11.6 Å². The molecule has 0 saturated heterocycles. The fourth-order valence-corrected chi connectivity index (χ4v) is 1.13. The van der Waals surface area contributed by atoms with Gasteiger partial charge in [0.2, 0.25) is 5.75 Å². The summed E-state index contributed by atoms with van der Waals surface area (Å²) in [5.74, 6) is -2.14. The predicted octanol–water partition coefficient (Wildman–Crippen LogP) is 1.99. The van der Waals surface area contributed by atoms with Gasteiger partial charge in [-0.2, -0.15) is 13.2 Å². The Morgan fingerprint density at radius 2 is 1.83 bits per heavy atom. The Labute approximate surface area is 104 Å². The molecule has 0 bridgehead atoms. The first-order valence-corrected chi connectivity index (χ1v) is 4.17. The molecule has 10 heteroatoms. The molecular weight excluding hydrogens is 281 g/mol. The monoisotopic (exact) mass is 288 g/mol. The smallest absolute Gasteiger partial charge is 0.407 e. The van der Waals surface area contributed by atoms with Crippen LogP contribution in [0.2, 0.25) is 0 Å². The van der Waals surface area contributed by atoms with Crippen LogP contribution in [0.1, 0.15) is 11.6 Å². The summed E-state index contributed by atoms with van der Waals surface area (Å²) in [6.45, 7) is 0. The van der Waals surface area contributed by atoms with Crippen LogP contribution in [0.15, 0.2) is 12.1 Å². The lowest BCUT2D eigenvalue weighted by Gasteiger charge is -2.16. The number of nitrogens with zero attached hydrogens (tertiary/aromatic N) is 1. The van der Waals surface area contributed by atoms with Crippen LogP contribution in [0.3, 0.4) is 0 Å². The zero-order chi connectivity index (χ0) is 13.4. The van der Waals surface area contributed by atoms with E-state index in [0.29, 0.717) is 12.1 Å². The van der Waals surface area contributed by atoms with Gasteiger partial charge in [0, 0.05) is 6.07 Å². The first-order valence-electron chi connectivity index (χ1n) is 4.17. The lowest BCUT2D eigenvalue weighted by molar-refractivity contribution is -0.386. The molecule has 1 atom stereocenters. The van der Waals surface area contributed by atoms with Gasteiger partial charge in [0.25, 0.3) is 0 Å². The molecule has 0 unspecified atom stereocenters. The van der Waals surface area contributed by atoms with Crippen molar-refractivity contribution in [1.29, 1.82) is 0 Å². The van der Waals surface area contributed by atoms with Crippen molar-refractivity contribution in [1.82, 2.24) is 0 Å². The number of phenols is 2. The van der Waals surface area contributed by atoms with Gasteiger partial charge < -0.3 is 15.9 Å². The topological polar surface area (TPSA) is 110 Å². The average molecular weight is 289 g/mol. The Morgan fingerprint density at radius 3 is 2.22 bits per heavy atom. The van der Waals surface area contributed by atoms with Crippen LogP contribution in [0, 0.1) is 10.1 Å². The zero-order valence-electron chi connectivity index (χ0n) is 8.51. The first-order chi connectivity index (χ1) is 7.64. The van der Waals surface area contributed by atoms with Gasteiger partial charge >= 0.3 is 11.9 Å². The Hall–Kier alpha value is -1.74. The van der Waals surface area contributed by atoms with Crippen molar-refractivity contribution >= 4 is 18.1 Å². The molecule has 6 nitrogen and oxygen atoms in total. The minimum absolute atomic E-state index is 0. The number of hydrogen-bond donors (Lipinski definition) is 3. The van der Waals surface area contributed by atoms with Crippen LogP contribution in [0.5, 0.6) is 11.5 Å². The van der Waals surface area contributed by atoms with E-state index in [-0.39, 0.29) is 12.4 Å². The largest absolute Gasteiger partial charge is 0.504 e. The third-order valence-electron chi connectivity index (χ3n) is 2.00. The first kappa shape index (κ1) is 16.3. The maximum Gasteiger partial charge on any atom is 0.407 e. The average Bonchev–Trinajstić information content (AvgIpc) is 2.19. The number of nitro benzene ring substituents is 1. The number of phenolic OH excluding ortho intramolecular Hbond substituents is 2. The SMILES string of the molecule is Cl.N[C@@H](c1cc(O)c(O)c([N+](=O)[O-])c1)C(F)(F)F. The second-order valence-electron chi connectivity index (χ2n) is 3.18. The van der Waals surface area contributed by atoms with Crippen molar-refractivity contribution in [2.45, 2.75) is 12.2 Å². The van der Waals surface area contributed by atoms with Gasteiger partial charge in [-0.1, -0.05) is 0 Å². The Balaban J connectivity index is 0.00000289. The molecule has 4 N–H and O–H groups in total. The molecule has 1 aromatic carbocycles. The van der Waals surface area contributed by atoms with E-state index in [4.69, 9.17) is 15.9 Å². The summed E-state index contributed by atoms with van der Waals surface area (Å²) in [5, 5.41) is 28.5. The number of halogens is 4. The van der Waals surface area contributed by atoms with Crippen LogP contribution in [-0.4, -0.2) is 21.3 Å². The third kappa shape index (κ3) is 3.14. The molecule has 0 aliphatic carbocycles. The number of rotatable bonds is 2. The summed E-state index contributed by atoms with van der Waals surface area (Å²) in [6, 6.07) is -1.49. The standard InChI is InChI=1S/C8H7F3N2O4.ClH/c9-8(10,11)7(12)3-1-4(13(16)17)6(15)5(14)2-3;/h1-2,7,14-15H,12H2;1H/t7-;/m0./s1. The van der Waals surface area contributed by atoms with E-state index in [1.165, 1.54) is 0 Å². The lowest BCUT2D eigenvalue weighted by atomic mass is 10.1. The van der Waals surface area contributed by atoms with E-state index in [9.17, 15) is 23.3 Å². The van der Waals surface area contributed by atoms with Gasteiger partial charge in [0.1, 0.15) is 6.04 Å². The normalized spacial score (nSPS) is 12.7. The maximum atomic E-state index is 12.3. The number of aromatic hydroxyl groups is 2. The predicted molar refractivity (Wildman–Crippen MR) is 56.7 cm³/mol. The van der Waals surface area contributed by atoms with Crippen molar-refractivity contribution in [3.8, 4) is 11.5 Å². The number of hydrogen-bond acceptors (Lipinski definition) is 5. The Bertz CT molecular complexity index is 466. The Kier molecular flexibility index (Phi) is 4.76. The lowest BCUT2D eigenvalue weighted by Crippen LogP contribution is -2.28. The molecule has 0 radical (unpaired) electrons. The fourth-order valence-electron chi connectivity index (χ4n) is 1.13. The fraction of sp³-hybridized carbons (Fsp3) is 0.250. The summed E-state index contributed by atoms with van der Waals surface area (Å²) in [7, 11) is 0. The second kappa shape index (κ2) is 5.27. The van der Waals surface area contributed by atoms with Crippen LogP contribution in [0.4, 0.5) is 18.9 Å². The highest BCUT2D eigenvalue weighted by Crippen LogP contribution is 2.40. The summed E-state index contributed by atoms with van der Waals surface area (Å²) < 4.78 is 36.8. The van der Waals surface area contributed by atoms with Crippen molar-refractivity contribution in [3.05, 3.63) is 27.8 Å². The quantitative estimate of drug-likeness (QED) is 0.438. The molecule has 0 heterocycles. The van der Waals surface area contributed by atoms with Crippen molar-refractivity contribution < 1.29 is 28.3 Å². The maximum absolute atomic E-state index is 12.3. The third-order valence-corrected chi connectivity index (χ3v) is 2.00. The van der Waals surface area contributed by atoms with Gasteiger partial charge in [0.05, 0.1) is 4.92 Å². The molecule has 0 spiro atoms. The molecular formula is C8H8ClF3N2O4. The van der Waals surface area contributed by atoms with Gasteiger partial charge in [-0.3, -0.25) is 10.1 Å². The van der Waals surface area contributed by atoms with E-state index in [0.717, 1.165) is 0 Å². The number of nitro groups is 1. The van der Waals surface area contributed by atoms with Crippen molar-refractivity contribution in [2.75, 3.05) is 0 Å². The highest BCUT2D eigenvalue weighted by Gasteiger charge is 2.39. The molecule has 1 aromatic rings. The summed E-state index contributed by atoms with van der Waals surface area (Å²) in [4.78, 5) is 9.29. The minimum Gasteiger partial charge on any atom is -0.504 e. The molecule has 0 aliphatic heterocycles. The molecule has 0 aromatic heterocycles. The van der Waals surface area contributed by atoms with E-state index in [1.807, 2.05) is 0 Å². The minimum atomic E-state index is -4.81. The highest BCUT2D eigenvalue weighted by molar-refractivity contribution is 5.85. The molecule has 102 valence electrons. The van der Waals surface area contributed by atoms with Gasteiger partial charge in [-0.15, -0.1) is 12.4 Å². The van der Waals surface area contributed by atoms with Crippen LogP contribution in [0.25, 0.3) is 0 Å². The van der Waals surface area contributed by atoms with Gasteiger partial charge in [0.15, 0.2) is 5.75 Å². The highest BCUT2D eigenvalue weighted by atomic mass is 35.5. The second-order valence-corrected chi connectivity index (χ2v) is 3.18. The molecule has 0 aliphatic rings. The molecule has 0 amide bonds. The number of nitrogens with two attached hydrogens (primary N) is 1. The molecule has 0 fully saturated rings. The molecule has 0 saturated carbocycles. The molecule has 1 rings (SSSR count). The van der Waals surface area contributed by atoms with Crippen molar-refractivity contribution in [3.63, 3.8) is 0 Å². The van der Waals surface area contributed by atoms with Crippen molar-refractivity contribution in [2.24, 2.45) is 5.73 Å². The van der Waals surface area contributed by atoms with Gasteiger partial charge in [-0.25, -0.2) is 0 Å². The van der Waals surface area contributed by atoms with E-state index >= 15 is 0 Å². The summed E-state index contributed by atoms with van der Waals surface area (Å²) in [6.07, 6.45) is -4.81. The van der Waals surface area contributed by atoms with E-state index in [1.54, 1.807) is 0 Å². The van der Waals surface area contributed by atoms with E-state index < -0.39 is 39.9 Å². The van der Waals surface area contributed by atoms with Crippen LogP contribution >= 0.6 is 12.4 Å². The Morgan fingerprint density at radius 1 is 1.33 bits per heavy atom. The zero-order valence-corrected chi connectivity index (χ0v) is 9.33. The van der Waals surface area contributed by atoms with Crippen LogP contribution < -0.4 is 5.73 Å². The van der Waals surface area contributed by atoms with E-state index in [2.05, 4.69) is 0 Å². The molecule has 18 heavy (non-hydrogen) atoms. The number of alkyl halides is 3. The number of benzene rings is 1. The summed E-state index contributed by atoms with van der Waals surface area (Å²) >= 11 is 0. The summed E-state index contributed by atoms with van der Waals surface area (Å²) in [5.41, 5.74) is 3.07. The van der Waals surface area contributed by atoms with Crippen LogP contribution in [-0.2, 0) is 0 Å².